The summed E-state index contributed by atoms with van der Waals surface area (Å²) < 4.78 is 25.3. The first kappa shape index (κ1) is 14.4. The van der Waals surface area contributed by atoms with E-state index in [4.69, 9.17) is 5.11 Å². The van der Waals surface area contributed by atoms with Crippen molar-refractivity contribution in [3.63, 3.8) is 0 Å². The third kappa shape index (κ3) is 2.97. The van der Waals surface area contributed by atoms with Crippen LogP contribution in [0.3, 0.4) is 0 Å². The standard InChI is InChI=1S/C10H20N2O4S/c1-4-5-12-7-6-11(8-17(12,15)16)10(2,3)9(13)14/h4-8H2,1-3H3,(H,13,14). The number of aliphatic carboxylic acids is 1. The van der Waals surface area contributed by atoms with Gasteiger partial charge in [-0.2, -0.15) is 4.31 Å². The van der Waals surface area contributed by atoms with E-state index in [1.807, 2.05) is 6.92 Å². The summed E-state index contributed by atoms with van der Waals surface area (Å²) in [7, 11) is -3.36. The van der Waals surface area contributed by atoms with E-state index in [1.165, 1.54) is 23.1 Å². The Morgan fingerprint density at radius 2 is 1.94 bits per heavy atom. The third-order valence-corrected chi connectivity index (χ3v) is 4.91. The first-order valence-electron chi connectivity index (χ1n) is 5.68. The predicted molar refractivity (Wildman–Crippen MR) is 64.1 cm³/mol. The smallest absolute Gasteiger partial charge is 0.323 e. The number of nitrogens with zero attached hydrogens (tertiary/aromatic N) is 2. The Hall–Kier alpha value is -0.660. The number of sulfonamides is 1. The van der Waals surface area contributed by atoms with Crippen molar-refractivity contribution in [3.05, 3.63) is 0 Å². The molecule has 0 spiro atoms. The number of hydrogen-bond donors (Lipinski definition) is 1. The van der Waals surface area contributed by atoms with Crippen molar-refractivity contribution in [2.45, 2.75) is 32.7 Å². The first-order chi connectivity index (χ1) is 7.71. The van der Waals surface area contributed by atoms with Gasteiger partial charge in [0.05, 0.1) is 0 Å². The average Bonchev–Trinajstić information content (AvgIpc) is 2.20. The van der Waals surface area contributed by atoms with E-state index in [0.29, 0.717) is 19.6 Å². The van der Waals surface area contributed by atoms with Gasteiger partial charge < -0.3 is 5.11 Å². The van der Waals surface area contributed by atoms with Gasteiger partial charge >= 0.3 is 5.97 Å². The largest absolute Gasteiger partial charge is 0.480 e. The molecule has 1 aliphatic rings. The summed E-state index contributed by atoms with van der Waals surface area (Å²) in [5.74, 6) is -1.22. The molecule has 1 N–H and O–H groups in total. The quantitative estimate of drug-likeness (QED) is 0.783. The Kier molecular flexibility index (Phi) is 4.16. The molecule has 1 aliphatic heterocycles. The highest BCUT2D eigenvalue weighted by Gasteiger charge is 2.41. The van der Waals surface area contributed by atoms with Crippen LogP contribution in [0.4, 0.5) is 0 Å². The number of rotatable bonds is 4. The highest BCUT2D eigenvalue weighted by molar-refractivity contribution is 7.89. The molecule has 0 aromatic rings. The molecule has 1 heterocycles. The van der Waals surface area contributed by atoms with Crippen molar-refractivity contribution in [2.75, 3.05) is 25.5 Å². The summed E-state index contributed by atoms with van der Waals surface area (Å²) in [6.45, 7) is 6.30. The molecule has 1 saturated heterocycles. The van der Waals surface area contributed by atoms with Crippen molar-refractivity contribution < 1.29 is 18.3 Å². The molecule has 6 nitrogen and oxygen atoms in total. The zero-order valence-corrected chi connectivity index (χ0v) is 11.3. The van der Waals surface area contributed by atoms with Crippen molar-refractivity contribution in [1.82, 2.24) is 9.21 Å². The molecule has 0 aliphatic carbocycles. The molecule has 0 saturated carbocycles. The van der Waals surface area contributed by atoms with Crippen LogP contribution in [0.25, 0.3) is 0 Å². The van der Waals surface area contributed by atoms with Crippen LogP contribution < -0.4 is 0 Å². The Bertz CT molecular complexity index is 391. The van der Waals surface area contributed by atoms with E-state index < -0.39 is 21.5 Å². The fraction of sp³-hybridized carbons (Fsp3) is 0.900. The van der Waals surface area contributed by atoms with E-state index in [0.717, 1.165) is 6.42 Å². The van der Waals surface area contributed by atoms with E-state index in [9.17, 15) is 13.2 Å². The molecule has 17 heavy (non-hydrogen) atoms. The van der Waals surface area contributed by atoms with Crippen molar-refractivity contribution >= 4 is 16.0 Å². The molecular weight excluding hydrogens is 244 g/mol. The minimum absolute atomic E-state index is 0.216. The fourth-order valence-electron chi connectivity index (χ4n) is 1.79. The highest BCUT2D eigenvalue weighted by Crippen LogP contribution is 2.21. The summed E-state index contributed by atoms with van der Waals surface area (Å²) in [6, 6.07) is 0. The number of carboxylic acid groups (broad SMARTS) is 1. The molecular formula is C10H20N2O4S. The third-order valence-electron chi connectivity index (χ3n) is 3.12. The zero-order valence-electron chi connectivity index (χ0n) is 10.5. The lowest BCUT2D eigenvalue weighted by Gasteiger charge is -2.40. The highest BCUT2D eigenvalue weighted by atomic mass is 32.2. The lowest BCUT2D eigenvalue weighted by molar-refractivity contribution is -0.149. The van der Waals surface area contributed by atoms with Gasteiger partial charge in [0.15, 0.2) is 0 Å². The summed E-state index contributed by atoms with van der Waals surface area (Å²) in [6.07, 6.45) is 0.765. The van der Waals surface area contributed by atoms with Gasteiger partial charge in [0, 0.05) is 19.6 Å². The van der Waals surface area contributed by atoms with Crippen LogP contribution in [-0.4, -0.2) is 59.7 Å². The van der Waals surface area contributed by atoms with Gasteiger partial charge in [-0.3, -0.25) is 9.69 Å². The molecule has 0 unspecified atom stereocenters. The summed E-state index contributed by atoms with van der Waals surface area (Å²) in [5, 5.41) is 9.08. The summed E-state index contributed by atoms with van der Waals surface area (Å²) in [4.78, 5) is 12.6. The second kappa shape index (κ2) is 4.91. The molecule has 0 aromatic heterocycles. The number of carbonyl (C=O) groups is 1. The van der Waals surface area contributed by atoms with Crippen LogP contribution in [0.15, 0.2) is 0 Å². The SMILES string of the molecule is CCCN1CCN(C(C)(C)C(=O)O)CS1(=O)=O. The number of carboxylic acids is 1. The van der Waals surface area contributed by atoms with Crippen LogP contribution in [0, 0.1) is 0 Å². The molecule has 0 bridgehead atoms. The lowest BCUT2D eigenvalue weighted by Crippen LogP contribution is -2.59. The molecule has 0 amide bonds. The first-order valence-corrected chi connectivity index (χ1v) is 7.29. The predicted octanol–water partition coefficient (Wildman–Crippen LogP) is 0.165. The van der Waals surface area contributed by atoms with Crippen molar-refractivity contribution in [2.24, 2.45) is 0 Å². The average molecular weight is 264 g/mol. The fourth-order valence-corrected chi connectivity index (χ4v) is 3.62. The minimum Gasteiger partial charge on any atom is -0.480 e. The molecule has 100 valence electrons. The van der Waals surface area contributed by atoms with Crippen molar-refractivity contribution in [3.8, 4) is 0 Å². The van der Waals surface area contributed by atoms with E-state index >= 15 is 0 Å². The van der Waals surface area contributed by atoms with E-state index in [2.05, 4.69) is 0 Å². The topological polar surface area (TPSA) is 77.9 Å². The van der Waals surface area contributed by atoms with Crippen LogP contribution in [-0.2, 0) is 14.8 Å². The van der Waals surface area contributed by atoms with Crippen LogP contribution in [0.2, 0.25) is 0 Å². The van der Waals surface area contributed by atoms with E-state index in [-0.39, 0.29) is 5.88 Å². The molecule has 7 heteroatoms. The Labute approximate surface area is 102 Å². The van der Waals surface area contributed by atoms with E-state index in [1.54, 1.807) is 0 Å². The maximum absolute atomic E-state index is 11.9. The molecule has 0 aromatic carbocycles. The minimum atomic E-state index is -3.36. The monoisotopic (exact) mass is 264 g/mol. The number of hydrogen-bond acceptors (Lipinski definition) is 4. The molecule has 0 radical (unpaired) electrons. The Morgan fingerprint density at radius 3 is 2.35 bits per heavy atom. The Morgan fingerprint density at radius 1 is 1.35 bits per heavy atom. The van der Waals surface area contributed by atoms with Crippen LogP contribution >= 0.6 is 0 Å². The second-order valence-electron chi connectivity index (χ2n) is 4.77. The summed E-state index contributed by atoms with van der Waals surface area (Å²) in [5.41, 5.74) is -1.15. The maximum Gasteiger partial charge on any atom is 0.323 e. The molecule has 1 fully saturated rings. The van der Waals surface area contributed by atoms with Gasteiger partial charge in [0.2, 0.25) is 10.0 Å². The van der Waals surface area contributed by atoms with Gasteiger partial charge in [-0.15, -0.1) is 0 Å². The summed E-state index contributed by atoms with van der Waals surface area (Å²) >= 11 is 0. The van der Waals surface area contributed by atoms with Crippen LogP contribution in [0.5, 0.6) is 0 Å². The van der Waals surface area contributed by atoms with Gasteiger partial charge in [0.1, 0.15) is 11.4 Å². The lowest BCUT2D eigenvalue weighted by atomic mass is 10.0. The maximum atomic E-state index is 11.9. The Balaban J connectivity index is 2.84. The van der Waals surface area contributed by atoms with Gasteiger partial charge in [-0.25, -0.2) is 8.42 Å². The molecule has 0 atom stereocenters. The second-order valence-corrected chi connectivity index (χ2v) is 6.71. The van der Waals surface area contributed by atoms with Gasteiger partial charge in [-0.05, 0) is 20.3 Å². The molecule has 1 rings (SSSR count). The zero-order chi connectivity index (χ0) is 13.3. The normalized spacial score (nSPS) is 22.5. The van der Waals surface area contributed by atoms with Gasteiger partial charge in [0.25, 0.3) is 0 Å². The van der Waals surface area contributed by atoms with Crippen molar-refractivity contribution in [1.29, 1.82) is 0 Å². The van der Waals surface area contributed by atoms with Gasteiger partial charge in [-0.1, -0.05) is 6.92 Å². The van der Waals surface area contributed by atoms with Crippen LogP contribution in [0.1, 0.15) is 27.2 Å².